The summed E-state index contributed by atoms with van der Waals surface area (Å²) in [5, 5.41) is 9.26. The number of aliphatic carboxylic acids is 1. The van der Waals surface area contributed by atoms with Crippen LogP contribution < -0.4 is 5.73 Å². The van der Waals surface area contributed by atoms with Crippen molar-refractivity contribution in [2.75, 3.05) is 13.1 Å². The maximum atomic E-state index is 11.3. The molecule has 0 unspecified atom stereocenters. The van der Waals surface area contributed by atoms with Crippen LogP contribution in [0.15, 0.2) is 24.3 Å². The van der Waals surface area contributed by atoms with E-state index in [0.29, 0.717) is 19.5 Å². The second-order valence-electron chi connectivity index (χ2n) is 4.44. The number of fused-ring (bicyclic) bond motifs is 1. The van der Waals surface area contributed by atoms with Crippen LogP contribution in [0.2, 0.25) is 0 Å². The zero-order valence-corrected chi connectivity index (χ0v) is 9.80. The SMILES string of the molecule is NCCCN1Cc2ccccc2C[C@H]1C(=O)O. The van der Waals surface area contributed by atoms with Crippen molar-refractivity contribution >= 4 is 5.97 Å². The van der Waals surface area contributed by atoms with Crippen molar-refractivity contribution in [1.82, 2.24) is 4.90 Å². The number of rotatable bonds is 4. The summed E-state index contributed by atoms with van der Waals surface area (Å²) in [4.78, 5) is 13.3. The van der Waals surface area contributed by atoms with Gasteiger partial charge >= 0.3 is 5.97 Å². The molecule has 1 atom stereocenters. The number of hydrogen-bond donors (Lipinski definition) is 2. The first-order valence-corrected chi connectivity index (χ1v) is 5.96. The van der Waals surface area contributed by atoms with Crippen LogP contribution >= 0.6 is 0 Å². The topological polar surface area (TPSA) is 66.6 Å². The number of nitrogens with two attached hydrogens (primary N) is 1. The Bertz CT molecular complexity index is 406. The van der Waals surface area contributed by atoms with E-state index in [0.717, 1.165) is 18.5 Å². The molecule has 1 aromatic rings. The summed E-state index contributed by atoms with van der Waals surface area (Å²) >= 11 is 0. The molecule has 0 saturated heterocycles. The molecule has 1 aliphatic rings. The summed E-state index contributed by atoms with van der Waals surface area (Å²) in [6.45, 7) is 2.07. The Morgan fingerprint density at radius 3 is 2.76 bits per heavy atom. The van der Waals surface area contributed by atoms with Crippen molar-refractivity contribution in [2.45, 2.75) is 25.4 Å². The van der Waals surface area contributed by atoms with E-state index in [1.165, 1.54) is 5.56 Å². The molecule has 4 heteroatoms. The fraction of sp³-hybridized carbons (Fsp3) is 0.462. The van der Waals surface area contributed by atoms with Gasteiger partial charge in [0, 0.05) is 13.1 Å². The van der Waals surface area contributed by atoms with Gasteiger partial charge in [0.25, 0.3) is 0 Å². The van der Waals surface area contributed by atoms with Crippen molar-refractivity contribution in [1.29, 1.82) is 0 Å². The third-order valence-electron chi connectivity index (χ3n) is 3.28. The van der Waals surface area contributed by atoms with Gasteiger partial charge in [0.05, 0.1) is 0 Å². The summed E-state index contributed by atoms with van der Waals surface area (Å²) in [5.41, 5.74) is 7.88. The lowest BCUT2D eigenvalue weighted by Crippen LogP contribution is -2.46. The van der Waals surface area contributed by atoms with Crippen LogP contribution in [0.3, 0.4) is 0 Å². The molecule has 1 aliphatic heterocycles. The molecule has 4 nitrogen and oxygen atoms in total. The van der Waals surface area contributed by atoms with Gasteiger partial charge < -0.3 is 10.8 Å². The molecule has 0 amide bonds. The molecule has 0 fully saturated rings. The fourth-order valence-electron chi connectivity index (χ4n) is 2.35. The highest BCUT2D eigenvalue weighted by molar-refractivity contribution is 5.74. The molecule has 0 bridgehead atoms. The predicted molar refractivity (Wildman–Crippen MR) is 65.7 cm³/mol. The number of hydrogen-bond acceptors (Lipinski definition) is 3. The van der Waals surface area contributed by atoms with Crippen molar-refractivity contribution < 1.29 is 9.90 Å². The Morgan fingerprint density at radius 1 is 1.41 bits per heavy atom. The maximum Gasteiger partial charge on any atom is 0.321 e. The van der Waals surface area contributed by atoms with Gasteiger partial charge in [-0.1, -0.05) is 24.3 Å². The largest absolute Gasteiger partial charge is 0.480 e. The highest BCUT2D eigenvalue weighted by atomic mass is 16.4. The minimum Gasteiger partial charge on any atom is -0.480 e. The molecule has 2 rings (SSSR count). The van der Waals surface area contributed by atoms with Crippen LogP contribution in [0.4, 0.5) is 0 Å². The van der Waals surface area contributed by atoms with Crippen molar-refractivity contribution in [2.24, 2.45) is 5.73 Å². The predicted octanol–water partition coefficient (Wildman–Crippen LogP) is 0.847. The summed E-state index contributed by atoms with van der Waals surface area (Å²) in [6, 6.07) is 7.65. The van der Waals surface area contributed by atoms with Crippen LogP contribution in [0, 0.1) is 0 Å². The maximum absolute atomic E-state index is 11.3. The van der Waals surface area contributed by atoms with Crippen molar-refractivity contribution in [3.8, 4) is 0 Å². The van der Waals surface area contributed by atoms with E-state index in [1.807, 2.05) is 23.1 Å². The van der Waals surface area contributed by atoms with E-state index < -0.39 is 12.0 Å². The Kier molecular flexibility index (Phi) is 3.76. The van der Waals surface area contributed by atoms with Gasteiger partial charge in [-0.2, -0.15) is 0 Å². The lowest BCUT2D eigenvalue weighted by Gasteiger charge is -2.34. The Hall–Kier alpha value is -1.39. The number of carboxylic acid groups (broad SMARTS) is 1. The van der Waals surface area contributed by atoms with Gasteiger partial charge in [-0.3, -0.25) is 9.69 Å². The lowest BCUT2D eigenvalue weighted by molar-refractivity contribution is -0.144. The first-order valence-electron chi connectivity index (χ1n) is 5.96. The van der Waals surface area contributed by atoms with E-state index in [2.05, 4.69) is 6.07 Å². The summed E-state index contributed by atoms with van der Waals surface area (Å²) in [6.07, 6.45) is 1.43. The van der Waals surface area contributed by atoms with Gasteiger partial charge in [-0.05, 0) is 30.5 Å². The molecule has 1 heterocycles. The number of carbonyl (C=O) groups is 1. The standard InChI is InChI=1S/C13H18N2O2/c14-6-3-7-15-9-11-5-2-1-4-10(11)8-12(15)13(16)17/h1-2,4-5,12H,3,6-9,14H2,(H,16,17)/t12-/m0/s1. The second kappa shape index (κ2) is 5.29. The molecular formula is C13H18N2O2. The smallest absolute Gasteiger partial charge is 0.321 e. The average Bonchev–Trinajstić information content (AvgIpc) is 2.35. The minimum atomic E-state index is -0.739. The van der Waals surface area contributed by atoms with Crippen LogP contribution in [0.25, 0.3) is 0 Å². The summed E-state index contributed by atoms with van der Waals surface area (Å²) in [5.74, 6) is -0.739. The summed E-state index contributed by atoms with van der Waals surface area (Å²) < 4.78 is 0. The van der Waals surface area contributed by atoms with Crippen LogP contribution in [0.1, 0.15) is 17.5 Å². The third-order valence-corrected chi connectivity index (χ3v) is 3.28. The van der Waals surface area contributed by atoms with E-state index in [1.54, 1.807) is 0 Å². The van der Waals surface area contributed by atoms with Crippen molar-refractivity contribution in [3.05, 3.63) is 35.4 Å². The van der Waals surface area contributed by atoms with E-state index in [-0.39, 0.29) is 0 Å². The highest BCUT2D eigenvalue weighted by Gasteiger charge is 2.30. The van der Waals surface area contributed by atoms with Crippen LogP contribution in [0.5, 0.6) is 0 Å². The number of nitrogens with zero attached hydrogens (tertiary/aromatic N) is 1. The van der Waals surface area contributed by atoms with Crippen LogP contribution in [-0.4, -0.2) is 35.1 Å². The minimum absolute atomic E-state index is 0.406. The molecule has 0 aliphatic carbocycles. The lowest BCUT2D eigenvalue weighted by atomic mass is 9.94. The fourth-order valence-corrected chi connectivity index (χ4v) is 2.35. The Balaban J connectivity index is 2.18. The zero-order chi connectivity index (χ0) is 12.3. The number of benzene rings is 1. The normalized spacial score (nSPS) is 19.9. The van der Waals surface area contributed by atoms with Gasteiger partial charge in [0.2, 0.25) is 0 Å². The van der Waals surface area contributed by atoms with Crippen LogP contribution in [-0.2, 0) is 17.8 Å². The molecule has 1 aromatic carbocycles. The first kappa shape index (κ1) is 12.1. The van der Waals surface area contributed by atoms with Gasteiger partial charge in [-0.25, -0.2) is 0 Å². The van der Waals surface area contributed by atoms with E-state index >= 15 is 0 Å². The second-order valence-corrected chi connectivity index (χ2v) is 4.44. The average molecular weight is 234 g/mol. The Labute approximate surface area is 101 Å². The van der Waals surface area contributed by atoms with Gasteiger partial charge in [-0.15, -0.1) is 0 Å². The number of carboxylic acids is 1. The zero-order valence-electron chi connectivity index (χ0n) is 9.80. The van der Waals surface area contributed by atoms with E-state index in [9.17, 15) is 9.90 Å². The molecule has 0 spiro atoms. The molecule has 0 radical (unpaired) electrons. The van der Waals surface area contributed by atoms with E-state index in [4.69, 9.17) is 5.73 Å². The third kappa shape index (κ3) is 2.65. The highest BCUT2D eigenvalue weighted by Crippen LogP contribution is 2.23. The molecule has 92 valence electrons. The molecule has 0 aromatic heterocycles. The molecular weight excluding hydrogens is 216 g/mol. The molecule has 0 saturated carbocycles. The Morgan fingerprint density at radius 2 is 2.12 bits per heavy atom. The quantitative estimate of drug-likeness (QED) is 0.810. The van der Waals surface area contributed by atoms with Crippen molar-refractivity contribution in [3.63, 3.8) is 0 Å². The molecule has 17 heavy (non-hydrogen) atoms. The summed E-state index contributed by atoms with van der Waals surface area (Å²) in [7, 11) is 0. The monoisotopic (exact) mass is 234 g/mol. The van der Waals surface area contributed by atoms with Gasteiger partial charge in [0.15, 0.2) is 0 Å². The van der Waals surface area contributed by atoms with Gasteiger partial charge in [0.1, 0.15) is 6.04 Å². The first-order chi connectivity index (χ1) is 8.22. The molecule has 3 N–H and O–H groups in total.